The van der Waals surface area contributed by atoms with E-state index in [9.17, 15) is 4.79 Å². The molecule has 0 fully saturated rings. The summed E-state index contributed by atoms with van der Waals surface area (Å²) in [6.45, 7) is 0. The van der Waals surface area contributed by atoms with Gasteiger partial charge in [0.2, 0.25) is 0 Å². The van der Waals surface area contributed by atoms with E-state index >= 15 is 0 Å². The van der Waals surface area contributed by atoms with Crippen LogP contribution >= 0.6 is 11.6 Å². The maximum absolute atomic E-state index is 12.2. The van der Waals surface area contributed by atoms with Gasteiger partial charge in [-0.1, -0.05) is 54.1 Å². The van der Waals surface area contributed by atoms with Crippen LogP contribution in [-0.2, 0) is 14.9 Å². The van der Waals surface area contributed by atoms with Crippen LogP contribution < -0.4 is 0 Å². The molecule has 0 radical (unpaired) electrons. The number of aromatic nitrogens is 1. The van der Waals surface area contributed by atoms with Crippen LogP contribution in [0, 0.1) is 0 Å². The SMILES string of the molecule is COC(=O)C1(c2cccc(Cl)n2)C=C1c1ccccc1. The van der Waals surface area contributed by atoms with Crippen molar-refractivity contribution in [1.29, 1.82) is 0 Å². The highest BCUT2D eigenvalue weighted by atomic mass is 35.5. The van der Waals surface area contributed by atoms with Gasteiger partial charge in [-0.15, -0.1) is 0 Å². The molecule has 0 saturated heterocycles. The normalized spacial score (nSPS) is 20.2. The number of nitrogens with zero attached hydrogens (tertiary/aromatic N) is 1. The smallest absolute Gasteiger partial charge is 0.326 e. The molecule has 1 aliphatic carbocycles. The first-order valence-corrected chi connectivity index (χ1v) is 6.56. The summed E-state index contributed by atoms with van der Waals surface area (Å²) in [6.07, 6.45) is 1.87. The zero-order chi connectivity index (χ0) is 14.2. The molecule has 20 heavy (non-hydrogen) atoms. The molecule has 3 rings (SSSR count). The fourth-order valence-electron chi connectivity index (χ4n) is 2.38. The van der Waals surface area contributed by atoms with Crippen molar-refractivity contribution >= 4 is 23.1 Å². The minimum atomic E-state index is -0.902. The van der Waals surface area contributed by atoms with Crippen molar-refractivity contribution in [2.75, 3.05) is 7.11 Å². The third kappa shape index (κ3) is 1.91. The topological polar surface area (TPSA) is 39.2 Å². The average Bonchev–Trinajstić information content (AvgIpc) is 3.24. The Balaban J connectivity index is 2.05. The first kappa shape index (κ1) is 12.9. The zero-order valence-corrected chi connectivity index (χ0v) is 11.6. The van der Waals surface area contributed by atoms with Gasteiger partial charge in [-0.3, -0.25) is 4.79 Å². The van der Waals surface area contributed by atoms with Crippen LogP contribution in [-0.4, -0.2) is 18.1 Å². The zero-order valence-electron chi connectivity index (χ0n) is 10.8. The van der Waals surface area contributed by atoms with E-state index in [-0.39, 0.29) is 5.97 Å². The van der Waals surface area contributed by atoms with Crippen molar-refractivity contribution in [3.8, 4) is 0 Å². The number of hydrogen-bond donors (Lipinski definition) is 0. The van der Waals surface area contributed by atoms with Gasteiger partial charge in [-0.2, -0.15) is 0 Å². The summed E-state index contributed by atoms with van der Waals surface area (Å²) in [5.74, 6) is -0.342. The first-order valence-electron chi connectivity index (χ1n) is 6.18. The van der Waals surface area contributed by atoms with E-state index in [1.807, 2.05) is 36.4 Å². The van der Waals surface area contributed by atoms with E-state index in [0.717, 1.165) is 11.1 Å². The first-order chi connectivity index (χ1) is 9.68. The molecule has 1 aromatic carbocycles. The molecule has 0 bridgehead atoms. The quantitative estimate of drug-likeness (QED) is 0.642. The summed E-state index contributed by atoms with van der Waals surface area (Å²) in [5, 5.41) is 0.360. The Morgan fingerprint density at radius 1 is 1.15 bits per heavy atom. The summed E-state index contributed by atoms with van der Waals surface area (Å²) >= 11 is 5.93. The molecule has 1 aliphatic rings. The predicted molar refractivity (Wildman–Crippen MR) is 77.4 cm³/mol. The molecule has 1 aromatic heterocycles. The summed E-state index contributed by atoms with van der Waals surface area (Å²) in [4.78, 5) is 16.5. The number of rotatable bonds is 3. The number of carbonyl (C=O) groups is 1. The molecular weight excluding hydrogens is 274 g/mol. The van der Waals surface area contributed by atoms with Gasteiger partial charge in [0, 0.05) is 0 Å². The molecule has 0 spiro atoms. The second kappa shape index (κ2) is 4.76. The van der Waals surface area contributed by atoms with Crippen LogP contribution in [0.5, 0.6) is 0 Å². The maximum atomic E-state index is 12.2. The third-order valence-corrected chi connectivity index (χ3v) is 3.62. The summed E-state index contributed by atoms with van der Waals surface area (Å²) in [6, 6.07) is 15.0. The monoisotopic (exact) mass is 285 g/mol. The molecule has 0 amide bonds. The molecule has 0 N–H and O–H groups in total. The van der Waals surface area contributed by atoms with Gasteiger partial charge in [0.1, 0.15) is 5.15 Å². The Labute approximate surface area is 121 Å². The number of esters is 1. The van der Waals surface area contributed by atoms with E-state index in [1.54, 1.807) is 18.2 Å². The number of halogens is 1. The number of pyridine rings is 1. The van der Waals surface area contributed by atoms with E-state index in [0.29, 0.717) is 10.8 Å². The fraction of sp³-hybridized carbons (Fsp3) is 0.125. The molecule has 3 nitrogen and oxygen atoms in total. The van der Waals surface area contributed by atoms with Gasteiger partial charge in [-0.05, 0) is 23.3 Å². The molecule has 4 heteroatoms. The lowest BCUT2D eigenvalue weighted by Crippen LogP contribution is -2.26. The summed E-state index contributed by atoms with van der Waals surface area (Å²) in [7, 11) is 1.38. The van der Waals surface area contributed by atoms with Gasteiger partial charge < -0.3 is 4.74 Å². The highest BCUT2D eigenvalue weighted by Gasteiger charge is 2.55. The molecule has 1 unspecified atom stereocenters. The Bertz CT molecular complexity index is 697. The summed E-state index contributed by atoms with van der Waals surface area (Å²) in [5.41, 5.74) is 1.58. The highest BCUT2D eigenvalue weighted by molar-refractivity contribution is 6.29. The van der Waals surface area contributed by atoms with Crippen LogP contribution in [0.2, 0.25) is 5.15 Å². The molecule has 0 saturated carbocycles. The van der Waals surface area contributed by atoms with E-state index in [1.165, 1.54) is 7.11 Å². The summed E-state index contributed by atoms with van der Waals surface area (Å²) < 4.78 is 4.95. The standard InChI is InChI=1S/C16H12ClNO2/c1-20-15(19)16(13-8-5-9-14(17)18-13)10-12(16)11-6-3-2-4-7-11/h2-10H,1H3. The Morgan fingerprint density at radius 3 is 2.55 bits per heavy atom. The minimum absolute atomic E-state index is 0.342. The van der Waals surface area contributed by atoms with Crippen molar-refractivity contribution in [2.45, 2.75) is 5.41 Å². The van der Waals surface area contributed by atoms with Crippen molar-refractivity contribution in [2.24, 2.45) is 0 Å². The van der Waals surface area contributed by atoms with Gasteiger partial charge >= 0.3 is 5.97 Å². The van der Waals surface area contributed by atoms with Crippen LogP contribution in [0.25, 0.3) is 5.57 Å². The number of carbonyl (C=O) groups excluding carboxylic acids is 1. The number of benzene rings is 1. The van der Waals surface area contributed by atoms with E-state index in [2.05, 4.69) is 4.98 Å². The third-order valence-electron chi connectivity index (χ3n) is 3.41. The maximum Gasteiger partial charge on any atom is 0.326 e. The number of methoxy groups -OCH3 is 1. The second-order valence-electron chi connectivity index (χ2n) is 4.57. The van der Waals surface area contributed by atoms with Crippen molar-refractivity contribution in [3.63, 3.8) is 0 Å². The van der Waals surface area contributed by atoms with Crippen molar-refractivity contribution in [3.05, 3.63) is 71.0 Å². The van der Waals surface area contributed by atoms with Crippen LogP contribution in [0.3, 0.4) is 0 Å². The molecular formula is C16H12ClNO2. The Morgan fingerprint density at radius 2 is 1.90 bits per heavy atom. The average molecular weight is 286 g/mol. The largest absolute Gasteiger partial charge is 0.468 e. The molecule has 1 atom stereocenters. The van der Waals surface area contributed by atoms with Crippen LogP contribution in [0.4, 0.5) is 0 Å². The lowest BCUT2D eigenvalue weighted by Gasteiger charge is -2.16. The van der Waals surface area contributed by atoms with Crippen LogP contribution in [0.15, 0.2) is 54.6 Å². The second-order valence-corrected chi connectivity index (χ2v) is 4.96. The lowest BCUT2D eigenvalue weighted by atomic mass is 9.92. The predicted octanol–water partition coefficient (Wildman–Crippen LogP) is 3.24. The van der Waals surface area contributed by atoms with E-state index < -0.39 is 5.41 Å². The molecule has 1 heterocycles. The Hall–Kier alpha value is -2.13. The fourth-order valence-corrected chi connectivity index (χ4v) is 2.55. The Kier molecular flexibility index (Phi) is 3.07. The van der Waals surface area contributed by atoms with Crippen molar-refractivity contribution in [1.82, 2.24) is 4.98 Å². The molecule has 0 aliphatic heterocycles. The van der Waals surface area contributed by atoms with Crippen molar-refractivity contribution < 1.29 is 9.53 Å². The van der Waals surface area contributed by atoms with E-state index in [4.69, 9.17) is 16.3 Å². The number of ether oxygens (including phenoxy) is 1. The number of hydrogen-bond acceptors (Lipinski definition) is 3. The molecule has 100 valence electrons. The van der Waals surface area contributed by atoms with Crippen LogP contribution in [0.1, 0.15) is 11.3 Å². The lowest BCUT2D eigenvalue weighted by molar-refractivity contribution is -0.142. The highest BCUT2D eigenvalue weighted by Crippen LogP contribution is 2.53. The molecule has 2 aromatic rings. The minimum Gasteiger partial charge on any atom is -0.468 e. The van der Waals surface area contributed by atoms with Gasteiger partial charge in [0.25, 0.3) is 0 Å². The van der Waals surface area contributed by atoms with Gasteiger partial charge in [0.05, 0.1) is 12.8 Å². The van der Waals surface area contributed by atoms with Gasteiger partial charge in [0.15, 0.2) is 5.41 Å². The van der Waals surface area contributed by atoms with Gasteiger partial charge in [-0.25, -0.2) is 4.98 Å².